The van der Waals surface area contributed by atoms with Crippen LogP contribution in [-0.4, -0.2) is 30.3 Å². The van der Waals surface area contributed by atoms with Crippen LogP contribution in [0.15, 0.2) is 0 Å². The Labute approximate surface area is 71.1 Å². The van der Waals surface area contributed by atoms with E-state index in [9.17, 15) is 4.79 Å². The second kappa shape index (κ2) is 7.28. The molecule has 0 amide bonds. The van der Waals surface area contributed by atoms with Crippen molar-refractivity contribution >= 4 is 30.4 Å². The first-order valence-electron chi connectivity index (χ1n) is 3.06. The highest BCUT2D eigenvalue weighted by molar-refractivity contribution is 7.98. The largest absolute Gasteiger partial charge is 0.465 e. The third-order valence-corrected chi connectivity index (χ3v) is 1.84. The van der Waals surface area contributed by atoms with E-state index < -0.39 is 0 Å². The number of thioether (sulfide) groups is 1. The van der Waals surface area contributed by atoms with Crippen LogP contribution in [0, 0.1) is 0 Å². The van der Waals surface area contributed by atoms with Crippen molar-refractivity contribution in [3.8, 4) is 0 Å². The maximum atomic E-state index is 10.5. The van der Waals surface area contributed by atoms with Crippen molar-refractivity contribution in [2.24, 2.45) is 0 Å². The molecule has 0 aliphatic carbocycles. The Balaban J connectivity index is 2.96. The monoisotopic (exact) mass is 180 g/mol. The van der Waals surface area contributed by atoms with Gasteiger partial charge in [-0.15, -0.1) is 0 Å². The maximum Gasteiger partial charge on any atom is 0.315 e. The van der Waals surface area contributed by atoms with Crippen LogP contribution in [0.1, 0.15) is 6.42 Å². The molecule has 4 heteroatoms. The van der Waals surface area contributed by atoms with E-state index in [0.29, 0.717) is 6.61 Å². The van der Waals surface area contributed by atoms with Crippen LogP contribution < -0.4 is 0 Å². The minimum Gasteiger partial charge on any atom is -0.465 e. The van der Waals surface area contributed by atoms with Gasteiger partial charge in [0.25, 0.3) is 0 Å². The molecule has 0 rings (SSSR count). The van der Waals surface area contributed by atoms with Gasteiger partial charge >= 0.3 is 5.97 Å². The number of thiol groups is 1. The average molecular weight is 180 g/mol. The lowest BCUT2D eigenvalue weighted by Crippen LogP contribution is -2.07. The standard InChI is InChI=1S/C6H12O2S2/c1-10-4-2-3-8-6(7)5-9/h9H,2-5H2,1H3. The Morgan fingerprint density at radius 1 is 1.70 bits per heavy atom. The summed E-state index contributed by atoms with van der Waals surface area (Å²) in [5.74, 6) is 0.989. The number of rotatable bonds is 5. The molecule has 0 radical (unpaired) electrons. The summed E-state index contributed by atoms with van der Waals surface area (Å²) in [5, 5.41) is 0. The van der Waals surface area contributed by atoms with Crippen molar-refractivity contribution in [1.82, 2.24) is 0 Å². The first-order valence-corrected chi connectivity index (χ1v) is 5.09. The minimum atomic E-state index is -0.232. The molecule has 0 aromatic rings. The Bertz CT molecular complexity index is 95.7. The summed E-state index contributed by atoms with van der Waals surface area (Å²) in [7, 11) is 0. The molecular formula is C6H12O2S2. The average Bonchev–Trinajstić information content (AvgIpc) is 1.98. The lowest BCUT2D eigenvalue weighted by molar-refractivity contribution is -0.140. The third kappa shape index (κ3) is 6.29. The summed E-state index contributed by atoms with van der Waals surface area (Å²) >= 11 is 5.51. The van der Waals surface area contributed by atoms with Crippen LogP contribution in [-0.2, 0) is 9.53 Å². The summed E-state index contributed by atoms with van der Waals surface area (Å²) in [6, 6.07) is 0. The molecule has 60 valence electrons. The number of esters is 1. The molecule has 0 unspecified atom stereocenters. The fraction of sp³-hybridized carbons (Fsp3) is 0.833. The highest BCUT2D eigenvalue weighted by atomic mass is 32.2. The molecule has 2 nitrogen and oxygen atoms in total. The van der Waals surface area contributed by atoms with Gasteiger partial charge in [-0.3, -0.25) is 4.79 Å². The molecule has 0 saturated carbocycles. The fourth-order valence-electron chi connectivity index (χ4n) is 0.435. The molecule has 0 fully saturated rings. The summed E-state index contributed by atoms with van der Waals surface area (Å²) < 4.78 is 4.76. The van der Waals surface area contributed by atoms with Crippen molar-refractivity contribution in [2.75, 3.05) is 24.4 Å². The van der Waals surface area contributed by atoms with E-state index in [-0.39, 0.29) is 11.7 Å². The van der Waals surface area contributed by atoms with Gasteiger partial charge in [0.15, 0.2) is 0 Å². The van der Waals surface area contributed by atoms with E-state index in [1.165, 1.54) is 0 Å². The Kier molecular flexibility index (Phi) is 7.40. The Hall–Kier alpha value is 0.170. The Morgan fingerprint density at radius 2 is 2.40 bits per heavy atom. The van der Waals surface area contributed by atoms with Crippen LogP contribution in [0.5, 0.6) is 0 Å². The van der Waals surface area contributed by atoms with Crippen molar-refractivity contribution in [3.63, 3.8) is 0 Å². The second-order valence-electron chi connectivity index (χ2n) is 1.72. The molecule has 0 aromatic carbocycles. The molecule has 0 N–H and O–H groups in total. The molecule has 0 atom stereocenters. The summed E-state index contributed by atoms with van der Waals surface area (Å²) in [5.41, 5.74) is 0. The normalized spacial score (nSPS) is 9.40. The smallest absolute Gasteiger partial charge is 0.315 e. The van der Waals surface area contributed by atoms with E-state index in [0.717, 1.165) is 12.2 Å². The second-order valence-corrected chi connectivity index (χ2v) is 3.03. The zero-order valence-corrected chi connectivity index (χ0v) is 7.71. The fourth-order valence-corrected chi connectivity index (χ4v) is 0.933. The highest BCUT2D eigenvalue weighted by Gasteiger charge is 1.96. The van der Waals surface area contributed by atoms with Gasteiger partial charge in [0.05, 0.1) is 12.4 Å². The zero-order chi connectivity index (χ0) is 7.82. The number of ether oxygens (including phenoxy) is 1. The van der Waals surface area contributed by atoms with Gasteiger partial charge < -0.3 is 4.74 Å². The van der Waals surface area contributed by atoms with E-state index in [2.05, 4.69) is 12.6 Å². The van der Waals surface area contributed by atoms with Crippen LogP contribution >= 0.6 is 24.4 Å². The molecule has 0 aliphatic rings. The third-order valence-electron chi connectivity index (χ3n) is 0.885. The van der Waals surface area contributed by atoms with Gasteiger partial charge in [-0.1, -0.05) is 0 Å². The highest BCUT2D eigenvalue weighted by Crippen LogP contribution is 1.95. The zero-order valence-electron chi connectivity index (χ0n) is 6.00. The molecular weight excluding hydrogens is 168 g/mol. The van der Waals surface area contributed by atoms with Crippen molar-refractivity contribution in [3.05, 3.63) is 0 Å². The first kappa shape index (κ1) is 10.2. The SMILES string of the molecule is CSCCCOC(=O)CS. The Morgan fingerprint density at radius 3 is 2.90 bits per heavy atom. The summed E-state index contributed by atoms with van der Waals surface area (Å²) in [6.07, 6.45) is 2.96. The molecule has 0 aliphatic heterocycles. The van der Waals surface area contributed by atoms with E-state index in [1.54, 1.807) is 11.8 Å². The van der Waals surface area contributed by atoms with Gasteiger partial charge in [-0.05, 0) is 18.4 Å². The lowest BCUT2D eigenvalue weighted by atomic mass is 10.5. The molecule has 0 bridgehead atoms. The van der Waals surface area contributed by atoms with Gasteiger partial charge in [-0.25, -0.2) is 0 Å². The van der Waals surface area contributed by atoms with Crippen LogP contribution in [0.25, 0.3) is 0 Å². The summed E-state index contributed by atoms with van der Waals surface area (Å²) in [4.78, 5) is 10.5. The quantitative estimate of drug-likeness (QED) is 0.391. The van der Waals surface area contributed by atoms with E-state index in [1.807, 2.05) is 6.26 Å². The first-order chi connectivity index (χ1) is 4.81. The van der Waals surface area contributed by atoms with Crippen LogP contribution in [0.2, 0.25) is 0 Å². The molecule has 10 heavy (non-hydrogen) atoms. The molecule has 0 heterocycles. The minimum absolute atomic E-state index is 0.180. The van der Waals surface area contributed by atoms with Crippen molar-refractivity contribution in [2.45, 2.75) is 6.42 Å². The van der Waals surface area contributed by atoms with Gasteiger partial charge in [0.1, 0.15) is 0 Å². The molecule has 0 saturated heterocycles. The maximum absolute atomic E-state index is 10.5. The number of hydrogen-bond donors (Lipinski definition) is 1. The predicted octanol–water partition coefficient (Wildman–Crippen LogP) is 1.21. The lowest BCUT2D eigenvalue weighted by Gasteiger charge is -2.00. The number of carbonyl (C=O) groups is 1. The molecule has 0 aromatic heterocycles. The van der Waals surface area contributed by atoms with Gasteiger partial charge in [-0.2, -0.15) is 24.4 Å². The van der Waals surface area contributed by atoms with Gasteiger partial charge in [0.2, 0.25) is 0 Å². The number of hydrogen-bond acceptors (Lipinski definition) is 4. The topological polar surface area (TPSA) is 26.3 Å². The van der Waals surface area contributed by atoms with Crippen LogP contribution in [0.4, 0.5) is 0 Å². The number of carbonyl (C=O) groups excluding carboxylic acids is 1. The van der Waals surface area contributed by atoms with E-state index >= 15 is 0 Å². The predicted molar refractivity (Wildman–Crippen MR) is 47.8 cm³/mol. The van der Waals surface area contributed by atoms with Crippen molar-refractivity contribution in [1.29, 1.82) is 0 Å². The summed E-state index contributed by atoms with van der Waals surface area (Å²) in [6.45, 7) is 0.528. The van der Waals surface area contributed by atoms with Crippen molar-refractivity contribution < 1.29 is 9.53 Å². The van der Waals surface area contributed by atoms with Gasteiger partial charge in [0, 0.05) is 0 Å². The van der Waals surface area contributed by atoms with E-state index in [4.69, 9.17) is 4.74 Å². The molecule has 0 spiro atoms. The van der Waals surface area contributed by atoms with Crippen LogP contribution in [0.3, 0.4) is 0 Å².